The molecule has 0 saturated heterocycles. The van der Waals surface area contributed by atoms with Crippen LogP contribution in [0.1, 0.15) is 13.3 Å². The van der Waals surface area contributed by atoms with Crippen molar-refractivity contribution in [2.75, 3.05) is 7.11 Å². The van der Waals surface area contributed by atoms with Gasteiger partial charge in [0.05, 0.1) is 7.11 Å². The minimum Gasteiger partial charge on any atom is -0.497 e. The minimum absolute atomic E-state index is 0.218. The number of carbonyl (C=O) groups is 1. The molecule has 0 amide bonds. The van der Waals surface area contributed by atoms with Crippen LogP contribution in [-0.4, -0.2) is 17.5 Å². The standard InChI is InChI=1S/C13H15NO2/c1-10(15)5-7-14-8-6-11-9-12(16-2)3-4-13(11)14/h3-4,6,8-9H,5,7H2,1-2H3. The van der Waals surface area contributed by atoms with Crippen molar-refractivity contribution >= 4 is 16.7 Å². The average Bonchev–Trinajstić information content (AvgIpc) is 2.68. The highest BCUT2D eigenvalue weighted by Gasteiger charge is 2.03. The molecule has 16 heavy (non-hydrogen) atoms. The lowest BCUT2D eigenvalue weighted by Crippen LogP contribution is -2.00. The number of aryl methyl sites for hydroxylation is 1. The van der Waals surface area contributed by atoms with Gasteiger partial charge in [0, 0.05) is 30.1 Å². The van der Waals surface area contributed by atoms with E-state index in [1.54, 1.807) is 14.0 Å². The maximum atomic E-state index is 10.9. The Labute approximate surface area is 94.6 Å². The molecule has 1 heterocycles. The summed E-state index contributed by atoms with van der Waals surface area (Å²) in [6, 6.07) is 8.00. The van der Waals surface area contributed by atoms with E-state index < -0.39 is 0 Å². The van der Waals surface area contributed by atoms with E-state index in [1.807, 2.05) is 30.5 Å². The maximum Gasteiger partial charge on any atom is 0.131 e. The summed E-state index contributed by atoms with van der Waals surface area (Å²) in [7, 11) is 1.66. The van der Waals surface area contributed by atoms with Crippen LogP contribution >= 0.6 is 0 Å². The maximum absolute atomic E-state index is 10.9. The van der Waals surface area contributed by atoms with Gasteiger partial charge in [-0.3, -0.25) is 4.79 Å². The zero-order chi connectivity index (χ0) is 11.5. The second kappa shape index (κ2) is 4.39. The smallest absolute Gasteiger partial charge is 0.131 e. The van der Waals surface area contributed by atoms with Crippen LogP contribution in [0, 0.1) is 0 Å². The molecule has 0 radical (unpaired) electrons. The van der Waals surface area contributed by atoms with Crippen LogP contribution in [0.15, 0.2) is 30.5 Å². The molecule has 0 saturated carbocycles. The molecule has 2 aromatic rings. The lowest BCUT2D eigenvalue weighted by Gasteiger charge is -2.04. The van der Waals surface area contributed by atoms with Gasteiger partial charge >= 0.3 is 0 Å². The number of benzene rings is 1. The minimum atomic E-state index is 0.218. The van der Waals surface area contributed by atoms with Crippen molar-refractivity contribution in [2.45, 2.75) is 19.9 Å². The zero-order valence-electron chi connectivity index (χ0n) is 9.56. The number of aromatic nitrogens is 1. The van der Waals surface area contributed by atoms with Gasteiger partial charge in [-0.05, 0) is 31.2 Å². The number of methoxy groups -OCH3 is 1. The summed E-state index contributed by atoms with van der Waals surface area (Å²) in [5.74, 6) is 1.08. The number of ether oxygens (including phenoxy) is 1. The zero-order valence-corrected chi connectivity index (χ0v) is 9.56. The summed E-state index contributed by atoms with van der Waals surface area (Å²) in [5.41, 5.74) is 1.14. The normalized spacial score (nSPS) is 10.6. The Morgan fingerprint density at radius 1 is 1.38 bits per heavy atom. The van der Waals surface area contributed by atoms with Crippen LogP contribution < -0.4 is 4.74 Å². The van der Waals surface area contributed by atoms with Gasteiger partial charge < -0.3 is 9.30 Å². The number of hydrogen-bond donors (Lipinski definition) is 0. The number of ketones is 1. The molecule has 0 unspecified atom stereocenters. The summed E-state index contributed by atoms with van der Waals surface area (Å²) in [4.78, 5) is 10.9. The van der Waals surface area contributed by atoms with Crippen LogP contribution in [0.25, 0.3) is 10.9 Å². The number of rotatable bonds is 4. The first kappa shape index (κ1) is 10.7. The van der Waals surface area contributed by atoms with E-state index in [9.17, 15) is 4.79 Å². The molecule has 0 bridgehead atoms. The predicted molar refractivity (Wildman–Crippen MR) is 63.8 cm³/mol. The Morgan fingerprint density at radius 3 is 2.88 bits per heavy atom. The van der Waals surface area contributed by atoms with Gasteiger partial charge in [-0.15, -0.1) is 0 Å². The van der Waals surface area contributed by atoms with Crippen molar-refractivity contribution < 1.29 is 9.53 Å². The fraction of sp³-hybridized carbons (Fsp3) is 0.308. The van der Waals surface area contributed by atoms with Crippen molar-refractivity contribution in [2.24, 2.45) is 0 Å². The Balaban J connectivity index is 2.30. The van der Waals surface area contributed by atoms with Gasteiger partial charge in [0.1, 0.15) is 11.5 Å². The monoisotopic (exact) mass is 217 g/mol. The third-order valence-corrected chi connectivity index (χ3v) is 2.68. The fourth-order valence-electron chi connectivity index (χ4n) is 1.78. The molecule has 0 aliphatic rings. The molecule has 84 valence electrons. The quantitative estimate of drug-likeness (QED) is 0.788. The topological polar surface area (TPSA) is 31.2 Å². The van der Waals surface area contributed by atoms with E-state index in [-0.39, 0.29) is 5.78 Å². The Bertz CT molecular complexity index is 514. The van der Waals surface area contributed by atoms with Crippen LogP contribution in [0.2, 0.25) is 0 Å². The number of nitrogens with zero attached hydrogens (tertiary/aromatic N) is 1. The first-order valence-electron chi connectivity index (χ1n) is 5.33. The first-order chi connectivity index (χ1) is 7.70. The molecule has 0 N–H and O–H groups in total. The largest absolute Gasteiger partial charge is 0.497 e. The van der Waals surface area contributed by atoms with Crippen molar-refractivity contribution in [3.63, 3.8) is 0 Å². The van der Waals surface area contributed by atoms with Crippen LogP contribution in [0.5, 0.6) is 5.75 Å². The summed E-state index contributed by atoms with van der Waals surface area (Å²) < 4.78 is 7.26. The number of hydrogen-bond acceptors (Lipinski definition) is 2. The third-order valence-electron chi connectivity index (χ3n) is 2.68. The van der Waals surface area contributed by atoms with Crippen LogP contribution in [0.4, 0.5) is 0 Å². The van der Waals surface area contributed by atoms with E-state index in [0.717, 1.165) is 23.2 Å². The molecule has 0 aliphatic heterocycles. The van der Waals surface area contributed by atoms with Crippen molar-refractivity contribution in [3.8, 4) is 5.75 Å². The fourth-order valence-corrected chi connectivity index (χ4v) is 1.78. The third kappa shape index (κ3) is 2.08. The van der Waals surface area contributed by atoms with Gasteiger partial charge in [0.15, 0.2) is 0 Å². The highest BCUT2D eigenvalue weighted by atomic mass is 16.5. The molecule has 1 aromatic carbocycles. The van der Waals surface area contributed by atoms with Crippen molar-refractivity contribution in [3.05, 3.63) is 30.5 Å². The van der Waals surface area contributed by atoms with E-state index >= 15 is 0 Å². The molecule has 0 atom stereocenters. The average molecular weight is 217 g/mol. The van der Waals surface area contributed by atoms with Crippen LogP contribution in [0.3, 0.4) is 0 Å². The molecule has 0 fully saturated rings. The molecule has 3 nitrogen and oxygen atoms in total. The number of Topliss-reactive ketones (excluding diaryl/α,β-unsaturated/α-hetero) is 1. The highest BCUT2D eigenvalue weighted by Crippen LogP contribution is 2.21. The van der Waals surface area contributed by atoms with Crippen molar-refractivity contribution in [1.29, 1.82) is 0 Å². The van der Waals surface area contributed by atoms with Gasteiger partial charge in [-0.2, -0.15) is 0 Å². The summed E-state index contributed by atoms with van der Waals surface area (Å²) >= 11 is 0. The Morgan fingerprint density at radius 2 is 2.19 bits per heavy atom. The number of fused-ring (bicyclic) bond motifs is 1. The second-order valence-corrected chi connectivity index (χ2v) is 3.89. The van der Waals surface area contributed by atoms with E-state index in [1.165, 1.54) is 0 Å². The van der Waals surface area contributed by atoms with Gasteiger partial charge in [-0.1, -0.05) is 0 Å². The highest BCUT2D eigenvalue weighted by molar-refractivity contribution is 5.82. The number of carbonyl (C=O) groups excluding carboxylic acids is 1. The molecule has 0 spiro atoms. The lowest BCUT2D eigenvalue weighted by molar-refractivity contribution is -0.117. The molecule has 3 heteroatoms. The lowest BCUT2D eigenvalue weighted by atomic mass is 10.2. The Hall–Kier alpha value is -1.77. The van der Waals surface area contributed by atoms with Crippen LogP contribution in [-0.2, 0) is 11.3 Å². The summed E-state index contributed by atoms with van der Waals surface area (Å²) in [5, 5.41) is 1.14. The predicted octanol–water partition coefficient (Wildman–Crippen LogP) is 2.63. The molecular formula is C13H15NO2. The second-order valence-electron chi connectivity index (χ2n) is 3.89. The van der Waals surface area contributed by atoms with Crippen molar-refractivity contribution in [1.82, 2.24) is 4.57 Å². The molecule has 2 rings (SSSR count). The van der Waals surface area contributed by atoms with Gasteiger partial charge in [-0.25, -0.2) is 0 Å². The van der Waals surface area contributed by atoms with E-state index in [0.29, 0.717) is 6.42 Å². The van der Waals surface area contributed by atoms with Gasteiger partial charge in [0.25, 0.3) is 0 Å². The summed E-state index contributed by atoms with van der Waals surface area (Å²) in [6.45, 7) is 2.36. The molecular weight excluding hydrogens is 202 g/mol. The SMILES string of the molecule is COc1ccc2c(ccn2CCC(C)=O)c1. The Kier molecular flexibility index (Phi) is 2.95. The van der Waals surface area contributed by atoms with Gasteiger partial charge in [0.2, 0.25) is 0 Å². The van der Waals surface area contributed by atoms with E-state index in [2.05, 4.69) is 4.57 Å². The first-order valence-corrected chi connectivity index (χ1v) is 5.33. The molecule has 0 aliphatic carbocycles. The molecule has 1 aromatic heterocycles. The summed E-state index contributed by atoms with van der Waals surface area (Å²) in [6.07, 6.45) is 2.59. The van der Waals surface area contributed by atoms with E-state index in [4.69, 9.17) is 4.74 Å².